The molecule has 0 saturated heterocycles. The molecule has 10 aromatic heterocycles. The van der Waals surface area contributed by atoms with Gasteiger partial charge < -0.3 is 99.9 Å². The number of H-pyrrole nitrogens is 10. The maximum absolute atomic E-state index is 13.8. The monoisotopic (exact) mass is 1850 g/mol. The zero-order valence-electron chi connectivity index (χ0n) is 76.4. The molecule has 15 aromatic rings. The summed E-state index contributed by atoms with van der Waals surface area (Å²) in [5, 5.41) is 46.9. The number of carboxylic acids is 5. The summed E-state index contributed by atoms with van der Waals surface area (Å²) >= 11 is 5.99. The van der Waals surface area contributed by atoms with E-state index in [1.165, 1.54) is 54.7 Å². The zero-order valence-corrected chi connectivity index (χ0v) is 77.2. The number of nitrogens with zero attached hydrogens (tertiary/aromatic N) is 10. The predicted octanol–water partition coefficient (Wildman–Crippen LogP) is 12.9. The fraction of sp³-hybridized carbons (Fsp3) is 0.235. The standard InChI is InChI=1S/3C20H22N4O3.C19H19ClN4O3.C19H19FN4O3/c2*1-12-4-5-13(10-15(12)20(26)27)18-19(14-6-8-21-17(25)11-14)23-16(22-18)7-9-24(2)3;1-12-15(7-9-21-19(12)25)18-17(22-16(23-18)8-10-24(2)3)13-5-4-6-14(11-13)20(26)27;2*1-24(2)8-6-15-22-17(11-3-4-14(20)13(9-11)19(26)27)18(23-15)12-5-7-21-16(25)10-12/h2*4-6,8,10-11H,7,9H2,1-3H3,(H,21,25)(H,22,23)(H,26,27);4-7,9,11H,8,10H2,1-3H3,(H,21,25)(H,22,23)(H,26,27);2*3-5,7,9-10H,6,8H2,1-2H3,(H,21,25)(H,22,23)(H,26,27). The molecule has 0 radical (unpaired) electrons. The van der Waals surface area contributed by atoms with Gasteiger partial charge in [-0.3, -0.25) is 24.0 Å². The number of likely N-dealkylation sites (N-methyl/N-ethyl adjacent to an activating group) is 5. The van der Waals surface area contributed by atoms with Crippen LogP contribution in [-0.4, -0.2) is 258 Å². The van der Waals surface area contributed by atoms with Gasteiger partial charge in [0.15, 0.2) is 0 Å². The van der Waals surface area contributed by atoms with Crippen molar-refractivity contribution in [1.29, 1.82) is 0 Å². The van der Waals surface area contributed by atoms with Crippen LogP contribution in [-0.2, 0) is 32.1 Å². The Morgan fingerprint density at radius 3 is 0.926 bits per heavy atom. The highest BCUT2D eigenvalue weighted by Gasteiger charge is 2.26. The van der Waals surface area contributed by atoms with E-state index in [2.05, 4.69) is 74.5 Å². The average molecular weight is 1860 g/mol. The first kappa shape index (κ1) is 99.8. The molecule has 0 amide bonds. The molecule has 0 saturated carbocycles. The molecule has 0 bridgehead atoms. The van der Waals surface area contributed by atoms with Crippen LogP contribution in [0.15, 0.2) is 207 Å². The summed E-state index contributed by atoms with van der Waals surface area (Å²) in [6, 6.07) is 40.5. The number of hydrogen-bond acceptors (Lipinski definition) is 20. The van der Waals surface area contributed by atoms with Gasteiger partial charge in [-0.15, -0.1) is 0 Å². The first-order chi connectivity index (χ1) is 64.2. The van der Waals surface area contributed by atoms with Crippen molar-refractivity contribution in [3.8, 4) is 113 Å². The first-order valence-electron chi connectivity index (χ1n) is 42.5. The third-order valence-electron chi connectivity index (χ3n) is 21.3. The molecule has 0 fully saturated rings. The topological polar surface area (TPSA) is 510 Å². The quantitative estimate of drug-likeness (QED) is 0.0199. The van der Waals surface area contributed by atoms with E-state index in [0.717, 1.165) is 73.3 Å². The van der Waals surface area contributed by atoms with Gasteiger partial charge in [0.05, 0.1) is 89.8 Å². The van der Waals surface area contributed by atoms with Crippen molar-refractivity contribution in [2.45, 2.75) is 52.9 Å². The number of nitrogens with one attached hydrogen (secondary N) is 10. The molecule has 5 aromatic carbocycles. The average Bonchev–Trinajstić information content (AvgIpc) is 1.58. The summed E-state index contributed by atoms with van der Waals surface area (Å²) in [5.41, 5.74) is 14.0. The number of halogens is 2. The molecule has 0 aliphatic carbocycles. The normalized spacial score (nSPS) is 11.1. The number of rotatable bonds is 30. The van der Waals surface area contributed by atoms with Gasteiger partial charge in [-0.2, -0.15) is 0 Å². The molecule has 37 heteroatoms. The van der Waals surface area contributed by atoms with Crippen molar-refractivity contribution in [1.82, 2.24) is 99.3 Å². The lowest BCUT2D eigenvalue weighted by Crippen LogP contribution is -2.15. The van der Waals surface area contributed by atoms with Crippen molar-refractivity contribution in [3.63, 3.8) is 0 Å². The number of aromatic carboxylic acids is 5. The van der Waals surface area contributed by atoms with Gasteiger partial charge in [-0.05, 0) is 187 Å². The third kappa shape index (κ3) is 26.6. The van der Waals surface area contributed by atoms with Gasteiger partial charge in [0.2, 0.25) is 22.2 Å². The number of pyridine rings is 5. The Kier molecular flexibility index (Phi) is 33.6. The lowest BCUT2D eigenvalue weighted by molar-refractivity contribution is 0.0681. The second-order valence-corrected chi connectivity index (χ2v) is 33.4. The molecular formula is C98H104ClFN20O15. The van der Waals surface area contributed by atoms with E-state index in [1.54, 1.807) is 118 Å². The Morgan fingerprint density at radius 1 is 0.319 bits per heavy atom. The Hall–Kier alpha value is -15.7. The number of aryl methyl sites for hydroxylation is 2. The highest BCUT2D eigenvalue weighted by atomic mass is 35.5. The smallest absolute Gasteiger partial charge is 0.338 e. The van der Waals surface area contributed by atoms with E-state index >= 15 is 0 Å². The molecule has 0 unspecified atom stereocenters. The summed E-state index contributed by atoms with van der Waals surface area (Å²) in [4.78, 5) is 179. The SMILES string of the molecule is CN(C)CCc1nc(-c2ccc(Cl)c(C(=O)O)c2)c(-c2cc[nH]c(=O)c2)[nH]1.CN(C)CCc1nc(-c2ccc(F)c(C(=O)O)c2)c(-c2cc[nH]c(=O)c2)[nH]1.Cc1c(-c2[nH]c(CCN(C)C)nc2-c2cccc(C(=O)O)c2)cc[nH]c1=O.Cc1ccc(-c2nc(CCN(C)C)[nH]c2-c2cc[nH]c(=O)c2)cc1C(=O)O.Cc1ccc(-c2nc(CCN(C)C)[nH]c2-c2cc[nH]c(=O)c2)cc1C(=O)O. The molecule has 0 spiro atoms. The van der Waals surface area contributed by atoms with Crippen molar-refractivity contribution < 1.29 is 53.9 Å². The van der Waals surface area contributed by atoms with Crippen molar-refractivity contribution in [3.05, 3.63) is 319 Å². The number of imidazole rings is 5. The number of benzene rings is 5. The van der Waals surface area contributed by atoms with E-state index in [-0.39, 0.29) is 55.1 Å². The number of carboxylic acid groups (broad SMARTS) is 5. The van der Waals surface area contributed by atoms with Gasteiger partial charge in [-0.25, -0.2) is 53.3 Å². The summed E-state index contributed by atoms with van der Waals surface area (Å²) < 4.78 is 13.8. The molecular weight excluding hydrogens is 1750 g/mol. The van der Waals surface area contributed by atoms with Crippen LogP contribution in [0.25, 0.3) is 113 Å². The molecule has 0 aliphatic rings. The van der Waals surface area contributed by atoms with Crippen LogP contribution in [0.1, 0.15) is 97.6 Å². The van der Waals surface area contributed by atoms with Gasteiger partial charge in [0, 0.05) is 181 Å². The number of aromatic amines is 10. The van der Waals surface area contributed by atoms with E-state index in [0.29, 0.717) is 156 Å². The largest absolute Gasteiger partial charge is 0.478 e. The lowest BCUT2D eigenvalue weighted by atomic mass is 10.0. The minimum absolute atomic E-state index is 0.00358. The maximum atomic E-state index is 13.8. The molecule has 0 atom stereocenters. The van der Waals surface area contributed by atoms with E-state index in [4.69, 9.17) is 26.6 Å². The highest BCUT2D eigenvalue weighted by molar-refractivity contribution is 6.33. The van der Waals surface area contributed by atoms with Crippen LogP contribution in [0, 0.1) is 26.6 Å². The van der Waals surface area contributed by atoms with Crippen LogP contribution in [0.3, 0.4) is 0 Å². The Morgan fingerprint density at radius 2 is 0.607 bits per heavy atom. The second-order valence-electron chi connectivity index (χ2n) is 33.0. The molecule has 10 heterocycles. The summed E-state index contributed by atoms with van der Waals surface area (Å²) in [5.74, 6) is -2.42. The van der Waals surface area contributed by atoms with E-state index < -0.39 is 41.2 Å². The molecule has 15 N–H and O–H groups in total. The molecule has 0 aliphatic heterocycles. The summed E-state index contributed by atoms with van der Waals surface area (Å²) in [7, 11) is 19.8. The zero-order chi connectivity index (χ0) is 97.8. The summed E-state index contributed by atoms with van der Waals surface area (Å²) in [6.07, 6.45) is 11.3. The van der Waals surface area contributed by atoms with Crippen LogP contribution >= 0.6 is 11.6 Å². The number of carbonyl (C=O) groups is 5. The van der Waals surface area contributed by atoms with Crippen molar-refractivity contribution in [2.75, 3.05) is 103 Å². The lowest BCUT2D eigenvalue weighted by Gasteiger charge is -2.07. The summed E-state index contributed by atoms with van der Waals surface area (Å²) in [6.45, 7) is 9.28. The van der Waals surface area contributed by atoms with E-state index in [1.807, 2.05) is 105 Å². The maximum Gasteiger partial charge on any atom is 0.338 e. The molecule has 15 rings (SSSR count). The third-order valence-corrected chi connectivity index (χ3v) is 21.6. The van der Waals surface area contributed by atoms with Crippen LogP contribution in [0.4, 0.5) is 4.39 Å². The number of hydrogen-bond donors (Lipinski definition) is 15. The fourth-order valence-electron chi connectivity index (χ4n) is 14.1. The Balaban J connectivity index is 0.000000162. The molecule has 700 valence electrons. The first-order valence-corrected chi connectivity index (χ1v) is 42.9. The minimum atomic E-state index is -1.35. The van der Waals surface area contributed by atoms with Gasteiger partial charge in [-0.1, -0.05) is 54.1 Å². The Labute approximate surface area is 778 Å². The number of aromatic nitrogens is 15. The van der Waals surface area contributed by atoms with Crippen LogP contribution in [0.2, 0.25) is 5.02 Å². The Bertz CT molecular complexity index is 6460. The van der Waals surface area contributed by atoms with Crippen LogP contribution in [0.5, 0.6) is 0 Å². The van der Waals surface area contributed by atoms with Gasteiger partial charge in [0.1, 0.15) is 34.9 Å². The molecule has 135 heavy (non-hydrogen) atoms. The van der Waals surface area contributed by atoms with Crippen molar-refractivity contribution in [2.24, 2.45) is 0 Å². The van der Waals surface area contributed by atoms with Gasteiger partial charge in [0.25, 0.3) is 5.56 Å². The second kappa shape index (κ2) is 45.4. The van der Waals surface area contributed by atoms with Gasteiger partial charge >= 0.3 is 29.8 Å². The predicted molar refractivity (Wildman–Crippen MR) is 516 cm³/mol. The minimum Gasteiger partial charge on any atom is -0.478 e. The van der Waals surface area contributed by atoms with Crippen LogP contribution < -0.4 is 27.8 Å². The highest BCUT2D eigenvalue weighted by Crippen LogP contribution is 2.38. The van der Waals surface area contributed by atoms with Crippen molar-refractivity contribution >= 4 is 41.4 Å². The van der Waals surface area contributed by atoms with E-state index in [9.17, 15) is 77.9 Å². The molecule has 35 nitrogen and oxygen atoms in total. The fourth-order valence-corrected chi connectivity index (χ4v) is 14.3.